The van der Waals surface area contributed by atoms with Gasteiger partial charge in [0.05, 0.1) is 10.5 Å². The van der Waals surface area contributed by atoms with Crippen LogP contribution in [0.2, 0.25) is 0 Å². The lowest BCUT2D eigenvalue weighted by molar-refractivity contribution is -0.120. The molecule has 21 heavy (non-hydrogen) atoms. The van der Waals surface area contributed by atoms with Gasteiger partial charge >= 0.3 is 5.97 Å². The lowest BCUT2D eigenvalue weighted by Crippen LogP contribution is -2.43. The Balaban J connectivity index is 3.11. The molecule has 0 heterocycles. The molecule has 0 unspecified atom stereocenters. The van der Waals surface area contributed by atoms with Crippen LogP contribution in [0.3, 0.4) is 0 Å². The number of carbonyl (C=O) groups excluding carboxylic acids is 1. The smallest absolute Gasteiger partial charge is 0.335 e. The number of nitrogens with one attached hydrogen (secondary N) is 1. The van der Waals surface area contributed by atoms with E-state index < -0.39 is 33.0 Å². The zero-order chi connectivity index (χ0) is 16.4. The number of amides is 1. The minimum absolute atomic E-state index is 0.129. The fraction of sp³-hybridized carbons (Fsp3) is 0.429. The molecule has 1 aromatic carbocycles. The van der Waals surface area contributed by atoms with E-state index >= 15 is 0 Å². The van der Waals surface area contributed by atoms with Gasteiger partial charge in [-0.25, -0.2) is 13.2 Å². The summed E-state index contributed by atoms with van der Waals surface area (Å²) in [4.78, 5) is 22.6. The van der Waals surface area contributed by atoms with E-state index in [9.17, 15) is 18.0 Å². The van der Waals surface area contributed by atoms with Gasteiger partial charge in [0.2, 0.25) is 5.91 Å². The number of benzene rings is 1. The molecule has 0 aliphatic carbocycles. The van der Waals surface area contributed by atoms with E-state index in [-0.39, 0.29) is 10.5 Å². The molecule has 7 heteroatoms. The van der Waals surface area contributed by atoms with E-state index in [1.165, 1.54) is 12.1 Å². The lowest BCUT2D eigenvalue weighted by Gasteiger charge is -2.20. The number of sulfone groups is 1. The number of carbonyl (C=O) groups is 2. The van der Waals surface area contributed by atoms with E-state index in [4.69, 9.17) is 5.11 Å². The third kappa shape index (κ3) is 4.86. The highest BCUT2D eigenvalue weighted by molar-refractivity contribution is 7.92. The summed E-state index contributed by atoms with van der Waals surface area (Å²) in [6, 6.07) is 3.82. The molecule has 1 aromatic rings. The van der Waals surface area contributed by atoms with Gasteiger partial charge in [-0.3, -0.25) is 4.79 Å². The van der Waals surface area contributed by atoms with Gasteiger partial charge in [0.15, 0.2) is 9.84 Å². The third-order valence-corrected chi connectivity index (χ3v) is 4.36. The standard InChI is InChI=1S/C14H19NO5S/c1-9-5-6-10(13(17)18)7-11(9)21(19,20)8-12(16)15-14(2,3)4/h5-7H,8H2,1-4H3,(H,15,16)(H,17,18). The van der Waals surface area contributed by atoms with Gasteiger partial charge < -0.3 is 10.4 Å². The van der Waals surface area contributed by atoms with E-state index in [0.717, 1.165) is 6.07 Å². The number of rotatable bonds is 4. The largest absolute Gasteiger partial charge is 0.478 e. The average Bonchev–Trinajstić information content (AvgIpc) is 2.24. The monoisotopic (exact) mass is 313 g/mol. The highest BCUT2D eigenvalue weighted by Gasteiger charge is 2.24. The highest BCUT2D eigenvalue weighted by Crippen LogP contribution is 2.19. The number of aromatic carboxylic acids is 1. The van der Waals surface area contributed by atoms with Crippen molar-refractivity contribution in [1.29, 1.82) is 0 Å². The van der Waals surface area contributed by atoms with Crippen LogP contribution < -0.4 is 5.32 Å². The Labute approximate surface area is 124 Å². The number of hydrogen-bond donors (Lipinski definition) is 2. The van der Waals surface area contributed by atoms with Crippen molar-refractivity contribution in [2.45, 2.75) is 38.1 Å². The molecule has 0 saturated heterocycles. The predicted molar refractivity (Wildman–Crippen MR) is 78.1 cm³/mol. The van der Waals surface area contributed by atoms with Gasteiger partial charge in [-0.15, -0.1) is 0 Å². The highest BCUT2D eigenvalue weighted by atomic mass is 32.2. The summed E-state index contributed by atoms with van der Waals surface area (Å²) in [5.41, 5.74) is -0.260. The maximum Gasteiger partial charge on any atom is 0.335 e. The van der Waals surface area contributed by atoms with E-state index in [2.05, 4.69) is 5.32 Å². The van der Waals surface area contributed by atoms with Crippen LogP contribution >= 0.6 is 0 Å². The number of hydrogen-bond acceptors (Lipinski definition) is 4. The first-order valence-corrected chi connectivity index (χ1v) is 7.95. The first kappa shape index (κ1) is 17.2. The molecular weight excluding hydrogens is 294 g/mol. The molecule has 6 nitrogen and oxygen atoms in total. The molecule has 0 aliphatic rings. The second-order valence-corrected chi connectivity index (χ2v) is 7.80. The van der Waals surface area contributed by atoms with Gasteiger partial charge in [0.1, 0.15) is 5.75 Å². The molecule has 0 radical (unpaired) electrons. The Morgan fingerprint density at radius 2 is 1.81 bits per heavy atom. The van der Waals surface area contributed by atoms with Crippen LogP contribution in [0.1, 0.15) is 36.7 Å². The van der Waals surface area contributed by atoms with Crippen LogP contribution in [-0.2, 0) is 14.6 Å². The fourth-order valence-electron chi connectivity index (χ4n) is 1.77. The van der Waals surface area contributed by atoms with Crippen LogP contribution in [0.4, 0.5) is 0 Å². The molecule has 0 aliphatic heterocycles. The minimum atomic E-state index is -3.89. The summed E-state index contributed by atoms with van der Waals surface area (Å²) in [5.74, 6) is -2.55. The molecule has 116 valence electrons. The molecule has 0 aromatic heterocycles. The Morgan fingerprint density at radius 3 is 2.29 bits per heavy atom. The van der Waals surface area contributed by atoms with Crippen molar-refractivity contribution in [1.82, 2.24) is 5.32 Å². The maximum atomic E-state index is 12.3. The zero-order valence-corrected chi connectivity index (χ0v) is 13.2. The van der Waals surface area contributed by atoms with Gasteiger partial charge in [-0.2, -0.15) is 0 Å². The number of carboxylic acid groups (broad SMARTS) is 1. The Hall–Kier alpha value is -1.89. The normalized spacial score (nSPS) is 12.0. The molecular formula is C14H19NO5S. The molecule has 1 rings (SSSR count). The quantitative estimate of drug-likeness (QED) is 0.874. The Bertz CT molecular complexity index is 671. The molecule has 0 spiro atoms. The van der Waals surface area contributed by atoms with Crippen LogP contribution in [0.25, 0.3) is 0 Å². The first-order chi connectivity index (χ1) is 9.42. The van der Waals surface area contributed by atoms with E-state index in [1.807, 2.05) is 0 Å². The predicted octanol–water partition coefficient (Wildman–Crippen LogP) is 1.38. The van der Waals surface area contributed by atoms with Gasteiger partial charge in [0.25, 0.3) is 0 Å². The van der Waals surface area contributed by atoms with Gasteiger partial charge in [0, 0.05) is 5.54 Å². The summed E-state index contributed by atoms with van der Waals surface area (Å²) in [7, 11) is -3.89. The Morgan fingerprint density at radius 1 is 1.24 bits per heavy atom. The van der Waals surface area contributed by atoms with Crippen molar-refractivity contribution in [3.8, 4) is 0 Å². The zero-order valence-electron chi connectivity index (χ0n) is 12.4. The average molecular weight is 313 g/mol. The lowest BCUT2D eigenvalue weighted by atomic mass is 10.1. The van der Waals surface area contributed by atoms with Gasteiger partial charge in [-0.05, 0) is 45.4 Å². The molecule has 0 bridgehead atoms. The minimum Gasteiger partial charge on any atom is -0.478 e. The van der Waals surface area contributed by atoms with Crippen molar-refractivity contribution in [3.05, 3.63) is 29.3 Å². The Kier molecular flexibility index (Phi) is 4.78. The first-order valence-electron chi connectivity index (χ1n) is 6.30. The van der Waals surface area contributed by atoms with Crippen molar-refractivity contribution in [3.63, 3.8) is 0 Å². The van der Waals surface area contributed by atoms with Crippen LogP contribution in [0, 0.1) is 6.92 Å². The summed E-state index contributed by atoms with van der Waals surface area (Å²) in [6.45, 7) is 6.79. The SMILES string of the molecule is Cc1ccc(C(=O)O)cc1S(=O)(=O)CC(=O)NC(C)(C)C. The van der Waals surface area contributed by atoms with Crippen molar-refractivity contribution in [2.75, 3.05) is 5.75 Å². The second-order valence-electron chi connectivity index (χ2n) is 5.84. The number of carboxylic acids is 1. The number of aryl methyl sites for hydroxylation is 1. The van der Waals surface area contributed by atoms with E-state index in [0.29, 0.717) is 5.56 Å². The topological polar surface area (TPSA) is 101 Å². The summed E-state index contributed by atoms with van der Waals surface area (Å²) >= 11 is 0. The summed E-state index contributed by atoms with van der Waals surface area (Å²) in [5, 5.41) is 11.5. The van der Waals surface area contributed by atoms with Crippen LogP contribution in [0.15, 0.2) is 23.1 Å². The second kappa shape index (κ2) is 5.85. The molecule has 2 N–H and O–H groups in total. The summed E-state index contributed by atoms with van der Waals surface area (Å²) < 4.78 is 24.5. The molecule has 0 saturated carbocycles. The van der Waals surface area contributed by atoms with Crippen LogP contribution in [0.5, 0.6) is 0 Å². The molecule has 0 atom stereocenters. The van der Waals surface area contributed by atoms with Gasteiger partial charge in [-0.1, -0.05) is 6.07 Å². The summed E-state index contributed by atoms with van der Waals surface area (Å²) in [6.07, 6.45) is 0. The van der Waals surface area contributed by atoms with Crippen molar-refractivity contribution in [2.24, 2.45) is 0 Å². The third-order valence-electron chi connectivity index (χ3n) is 2.61. The van der Waals surface area contributed by atoms with Crippen molar-refractivity contribution < 1.29 is 23.1 Å². The van der Waals surface area contributed by atoms with Crippen LogP contribution in [-0.4, -0.2) is 36.7 Å². The molecule has 0 fully saturated rings. The van der Waals surface area contributed by atoms with Crippen molar-refractivity contribution >= 4 is 21.7 Å². The van der Waals surface area contributed by atoms with E-state index in [1.54, 1.807) is 27.7 Å². The molecule has 1 amide bonds. The maximum absolute atomic E-state index is 12.3. The fourth-order valence-corrected chi connectivity index (χ4v) is 3.21.